The molecule has 0 radical (unpaired) electrons. The lowest BCUT2D eigenvalue weighted by atomic mass is 10.1. The Morgan fingerprint density at radius 3 is 2.82 bits per heavy atom. The van der Waals surface area contributed by atoms with Crippen LogP contribution < -0.4 is 0 Å². The Kier molecular flexibility index (Phi) is 3.68. The van der Waals surface area contributed by atoms with Gasteiger partial charge in [-0.25, -0.2) is 0 Å². The molecular formula is C14H10ClNO. The number of aromatic nitrogens is 1. The van der Waals surface area contributed by atoms with Gasteiger partial charge in [0.1, 0.15) is 0 Å². The third kappa shape index (κ3) is 3.26. The summed E-state index contributed by atoms with van der Waals surface area (Å²) < 4.78 is 0. The number of rotatable bonds is 3. The van der Waals surface area contributed by atoms with E-state index in [-0.39, 0.29) is 5.78 Å². The predicted octanol–water partition coefficient (Wildman–Crippen LogP) is 3.63. The average molecular weight is 244 g/mol. The Labute approximate surface area is 105 Å². The van der Waals surface area contributed by atoms with Crippen molar-refractivity contribution in [3.05, 3.63) is 71.0 Å². The zero-order valence-electron chi connectivity index (χ0n) is 9.01. The number of pyridine rings is 1. The highest BCUT2D eigenvalue weighted by Crippen LogP contribution is 2.12. The summed E-state index contributed by atoms with van der Waals surface area (Å²) >= 11 is 5.85. The fourth-order valence-electron chi connectivity index (χ4n) is 1.39. The third-order valence-corrected chi connectivity index (χ3v) is 2.46. The first-order valence-electron chi connectivity index (χ1n) is 5.14. The van der Waals surface area contributed by atoms with E-state index >= 15 is 0 Å². The molecule has 0 saturated carbocycles. The topological polar surface area (TPSA) is 30.0 Å². The number of hydrogen-bond donors (Lipinski definition) is 0. The van der Waals surface area contributed by atoms with Crippen molar-refractivity contribution in [3.63, 3.8) is 0 Å². The van der Waals surface area contributed by atoms with Crippen molar-refractivity contribution in [1.82, 2.24) is 4.98 Å². The van der Waals surface area contributed by atoms with Gasteiger partial charge < -0.3 is 0 Å². The van der Waals surface area contributed by atoms with E-state index < -0.39 is 0 Å². The number of nitrogens with zero attached hydrogens (tertiary/aromatic N) is 1. The summed E-state index contributed by atoms with van der Waals surface area (Å²) in [4.78, 5) is 15.6. The van der Waals surface area contributed by atoms with E-state index in [1.807, 2.05) is 12.1 Å². The number of carbonyl (C=O) groups is 1. The Hall–Kier alpha value is -1.93. The molecule has 0 amide bonds. The van der Waals surface area contributed by atoms with Gasteiger partial charge in [0.2, 0.25) is 0 Å². The molecule has 2 aromatic rings. The Balaban J connectivity index is 2.14. The van der Waals surface area contributed by atoms with Gasteiger partial charge in [0.05, 0.1) is 0 Å². The van der Waals surface area contributed by atoms with Gasteiger partial charge in [-0.1, -0.05) is 29.8 Å². The monoisotopic (exact) mass is 243 g/mol. The van der Waals surface area contributed by atoms with E-state index in [2.05, 4.69) is 4.98 Å². The summed E-state index contributed by atoms with van der Waals surface area (Å²) in [5, 5.41) is 0.654. The number of ketones is 1. The smallest absolute Gasteiger partial charge is 0.187 e. The number of allylic oxidation sites excluding steroid dienone is 1. The summed E-state index contributed by atoms with van der Waals surface area (Å²) in [6.07, 6.45) is 6.44. The van der Waals surface area contributed by atoms with Gasteiger partial charge in [0, 0.05) is 23.0 Å². The molecule has 3 heteroatoms. The van der Waals surface area contributed by atoms with Crippen LogP contribution in [0.1, 0.15) is 15.9 Å². The van der Waals surface area contributed by atoms with Gasteiger partial charge in [0.15, 0.2) is 5.78 Å². The highest BCUT2D eigenvalue weighted by Gasteiger charge is 2.00. The fraction of sp³-hybridized carbons (Fsp3) is 0. The molecule has 1 aromatic carbocycles. The standard InChI is InChI=1S/C14H10ClNO/c15-13-5-1-3-11(9-13)6-7-14(17)12-4-2-8-16-10-12/h1-10H/b7-6-. The van der Waals surface area contributed by atoms with E-state index in [9.17, 15) is 4.79 Å². The number of benzene rings is 1. The summed E-state index contributed by atoms with van der Waals surface area (Å²) in [6, 6.07) is 10.8. The molecule has 0 aliphatic rings. The molecule has 0 fully saturated rings. The van der Waals surface area contributed by atoms with Crippen molar-refractivity contribution in [2.24, 2.45) is 0 Å². The third-order valence-electron chi connectivity index (χ3n) is 2.22. The highest BCUT2D eigenvalue weighted by atomic mass is 35.5. The minimum Gasteiger partial charge on any atom is -0.289 e. The summed E-state index contributed by atoms with van der Waals surface area (Å²) in [7, 11) is 0. The average Bonchev–Trinajstić information content (AvgIpc) is 2.37. The molecule has 17 heavy (non-hydrogen) atoms. The van der Waals surface area contributed by atoms with E-state index in [1.54, 1.807) is 42.7 Å². The lowest BCUT2D eigenvalue weighted by Gasteiger charge is -1.95. The van der Waals surface area contributed by atoms with E-state index in [1.165, 1.54) is 6.08 Å². The molecule has 0 saturated heterocycles. The minimum atomic E-state index is -0.0712. The molecule has 0 N–H and O–H groups in total. The molecule has 0 atom stereocenters. The zero-order chi connectivity index (χ0) is 12.1. The number of hydrogen-bond acceptors (Lipinski definition) is 2. The first-order chi connectivity index (χ1) is 8.25. The van der Waals surface area contributed by atoms with Gasteiger partial charge in [-0.05, 0) is 35.9 Å². The van der Waals surface area contributed by atoms with Crippen LogP contribution in [0.4, 0.5) is 0 Å². The normalized spacial score (nSPS) is 10.6. The molecule has 2 rings (SSSR count). The molecular weight excluding hydrogens is 234 g/mol. The van der Waals surface area contributed by atoms with Gasteiger partial charge in [0.25, 0.3) is 0 Å². The number of carbonyl (C=O) groups excluding carboxylic acids is 1. The molecule has 0 spiro atoms. The second kappa shape index (κ2) is 5.41. The summed E-state index contributed by atoms with van der Waals surface area (Å²) in [6.45, 7) is 0. The van der Waals surface area contributed by atoms with Crippen LogP contribution >= 0.6 is 11.6 Å². The van der Waals surface area contributed by atoms with Crippen molar-refractivity contribution in [2.45, 2.75) is 0 Å². The first kappa shape index (κ1) is 11.6. The molecule has 0 aliphatic heterocycles. The maximum atomic E-state index is 11.7. The van der Waals surface area contributed by atoms with Crippen LogP contribution in [0.2, 0.25) is 5.02 Å². The van der Waals surface area contributed by atoms with Crippen LogP contribution in [0.25, 0.3) is 6.08 Å². The van der Waals surface area contributed by atoms with Crippen LogP contribution in [0, 0.1) is 0 Å². The van der Waals surface area contributed by atoms with Crippen LogP contribution in [-0.2, 0) is 0 Å². The Morgan fingerprint density at radius 1 is 1.24 bits per heavy atom. The van der Waals surface area contributed by atoms with Gasteiger partial charge in [-0.2, -0.15) is 0 Å². The van der Waals surface area contributed by atoms with Crippen LogP contribution in [-0.4, -0.2) is 10.8 Å². The lowest BCUT2D eigenvalue weighted by Crippen LogP contribution is -1.93. The SMILES string of the molecule is O=C(/C=C\c1cccc(Cl)c1)c1cccnc1. The quantitative estimate of drug-likeness (QED) is 0.609. The lowest BCUT2D eigenvalue weighted by molar-refractivity contribution is 0.104. The summed E-state index contributed by atoms with van der Waals surface area (Å²) in [5.41, 5.74) is 1.47. The van der Waals surface area contributed by atoms with E-state index in [0.29, 0.717) is 10.6 Å². The molecule has 1 heterocycles. The molecule has 1 aromatic heterocycles. The van der Waals surface area contributed by atoms with E-state index in [0.717, 1.165) is 5.56 Å². The number of halogens is 1. The molecule has 0 aliphatic carbocycles. The van der Waals surface area contributed by atoms with Crippen molar-refractivity contribution in [3.8, 4) is 0 Å². The van der Waals surface area contributed by atoms with Gasteiger partial charge in [-0.3, -0.25) is 9.78 Å². The van der Waals surface area contributed by atoms with Gasteiger partial charge >= 0.3 is 0 Å². The maximum Gasteiger partial charge on any atom is 0.187 e. The molecule has 2 nitrogen and oxygen atoms in total. The fourth-order valence-corrected chi connectivity index (χ4v) is 1.59. The largest absolute Gasteiger partial charge is 0.289 e. The molecule has 0 unspecified atom stereocenters. The van der Waals surface area contributed by atoms with Crippen LogP contribution in [0.3, 0.4) is 0 Å². The highest BCUT2D eigenvalue weighted by molar-refractivity contribution is 6.30. The molecule has 0 bridgehead atoms. The first-order valence-corrected chi connectivity index (χ1v) is 5.51. The van der Waals surface area contributed by atoms with Crippen LogP contribution in [0.5, 0.6) is 0 Å². The van der Waals surface area contributed by atoms with Crippen molar-refractivity contribution < 1.29 is 4.79 Å². The van der Waals surface area contributed by atoms with Crippen LogP contribution in [0.15, 0.2) is 54.9 Å². The second-order valence-electron chi connectivity index (χ2n) is 3.49. The maximum absolute atomic E-state index is 11.7. The predicted molar refractivity (Wildman–Crippen MR) is 69.1 cm³/mol. The Bertz CT molecular complexity index is 549. The van der Waals surface area contributed by atoms with E-state index in [4.69, 9.17) is 11.6 Å². The Morgan fingerprint density at radius 2 is 2.12 bits per heavy atom. The van der Waals surface area contributed by atoms with Gasteiger partial charge in [-0.15, -0.1) is 0 Å². The van der Waals surface area contributed by atoms with Crippen molar-refractivity contribution in [1.29, 1.82) is 0 Å². The van der Waals surface area contributed by atoms with Crippen molar-refractivity contribution in [2.75, 3.05) is 0 Å². The second-order valence-corrected chi connectivity index (χ2v) is 3.93. The molecule has 84 valence electrons. The summed E-state index contributed by atoms with van der Waals surface area (Å²) in [5.74, 6) is -0.0712. The van der Waals surface area contributed by atoms with Crippen molar-refractivity contribution >= 4 is 23.5 Å². The zero-order valence-corrected chi connectivity index (χ0v) is 9.76. The minimum absolute atomic E-state index is 0.0712.